The molecular formula is C25H27N3O5S. The topological polar surface area (TPSA) is 96.0 Å². The first kappa shape index (κ1) is 23.6. The Kier molecular flexibility index (Phi) is 6.47. The molecule has 1 N–H and O–H groups in total. The van der Waals surface area contributed by atoms with Gasteiger partial charge in [-0.1, -0.05) is 49.4 Å². The van der Waals surface area contributed by atoms with Crippen LogP contribution in [0.2, 0.25) is 0 Å². The molecule has 4 rings (SSSR count). The SMILES string of the molecule is CCC(NC(=O)CN1c2cccc3cccc(c23)S1(=O)=O)c1ccccc1OCC(=O)N(C)C. The van der Waals surface area contributed by atoms with Crippen LogP contribution in [0.1, 0.15) is 24.9 Å². The largest absolute Gasteiger partial charge is 0.483 e. The van der Waals surface area contributed by atoms with E-state index in [2.05, 4.69) is 5.32 Å². The number of likely N-dealkylation sites (N-methyl/N-ethyl adjacent to an activating group) is 1. The molecule has 1 aliphatic rings. The van der Waals surface area contributed by atoms with E-state index in [0.717, 1.165) is 15.3 Å². The summed E-state index contributed by atoms with van der Waals surface area (Å²) >= 11 is 0. The van der Waals surface area contributed by atoms with E-state index in [4.69, 9.17) is 4.74 Å². The third kappa shape index (κ3) is 4.31. The van der Waals surface area contributed by atoms with Crippen LogP contribution in [-0.2, 0) is 19.6 Å². The van der Waals surface area contributed by atoms with Crippen molar-refractivity contribution in [2.45, 2.75) is 24.3 Å². The number of para-hydroxylation sites is 1. The highest BCUT2D eigenvalue weighted by Crippen LogP contribution is 2.41. The van der Waals surface area contributed by atoms with Crippen LogP contribution in [0.15, 0.2) is 65.6 Å². The number of rotatable bonds is 8. The summed E-state index contributed by atoms with van der Waals surface area (Å²) in [6.45, 7) is 1.45. The maximum Gasteiger partial charge on any atom is 0.265 e. The van der Waals surface area contributed by atoms with Crippen LogP contribution in [0.3, 0.4) is 0 Å². The maximum atomic E-state index is 13.2. The second kappa shape index (κ2) is 9.34. The number of nitrogens with zero attached hydrogens (tertiary/aromatic N) is 2. The Morgan fingerprint density at radius 1 is 1.03 bits per heavy atom. The lowest BCUT2D eigenvalue weighted by atomic mass is 10.0. The predicted octanol–water partition coefficient (Wildman–Crippen LogP) is 3.08. The molecule has 34 heavy (non-hydrogen) atoms. The molecule has 0 bridgehead atoms. The van der Waals surface area contributed by atoms with Crippen LogP contribution in [0, 0.1) is 0 Å². The molecule has 0 aliphatic carbocycles. The third-order valence-corrected chi connectivity index (χ3v) is 7.66. The second-order valence-corrected chi connectivity index (χ2v) is 10.1. The van der Waals surface area contributed by atoms with E-state index in [1.165, 1.54) is 4.90 Å². The van der Waals surface area contributed by atoms with E-state index in [-0.39, 0.29) is 24.0 Å². The molecule has 1 atom stereocenters. The number of anilines is 1. The van der Waals surface area contributed by atoms with Crippen molar-refractivity contribution >= 4 is 38.3 Å². The Morgan fingerprint density at radius 3 is 2.44 bits per heavy atom. The number of amides is 2. The molecule has 0 saturated heterocycles. The van der Waals surface area contributed by atoms with Crippen molar-refractivity contribution in [1.82, 2.24) is 10.2 Å². The summed E-state index contributed by atoms with van der Waals surface area (Å²) < 4.78 is 33.2. The first-order chi connectivity index (χ1) is 16.2. The zero-order valence-electron chi connectivity index (χ0n) is 19.3. The van der Waals surface area contributed by atoms with Crippen molar-refractivity contribution in [3.63, 3.8) is 0 Å². The van der Waals surface area contributed by atoms with Crippen LogP contribution in [0.5, 0.6) is 5.75 Å². The number of carbonyl (C=O) groups excluding carboxylic acids is 2. The smallest absolute Gasteiger partial charge is 0.265 e. The van der Waals surface area contributed by atoms with Crippen LogP contribution in [0.25, 0.3) is 10.8 Å². The summed E-state index contributed by atoms with van der Waals surface area (Å²) in [5, 5.41) is 4.38. The highest BCUT2D eigenvalue weighted by molar-refractivity contribution is 7.93. The number of hydrogen-bond donors (Lipinski definition) is 1. The lowest BCUT2D eigenvalue weighted by Gasteiger charge is -2.23. The van der Waals surface area contributed by atoms with Gasteiger partial charge in [0.2, 0.25) is 5.91 Å². The molecule has 3 aromatic carbocycles. The fourth-order valence-electron chi connectivity index (χ4n) is 4.07. The average Bonchev–Trinajstić information content (AvgIpc) is 3.04. The van der Waals surface area contributed by atoms with Crippen molar-refractivity contribution in [2.75, 3.05) is 31.6 Å². The van der Waals surface area contributed by atoms with Gasteiger partial charge in [-0.3, -0.25) is 13.9 Å². The molecule has 2 amide bonds. The monoisotopic (exact) mass is 481 g/mol. The number of carbonyl (C=O) groups is 2. The van der Waals surface area contributed by atoms with Gasteiger partial charge in [-0.15, -0.1) is 0 Å². The minimum Gasteiger partial charge on any atom is -0.483 e. The molecule has 0 radical (unpaired) electrons. The molecule has 0 aromatic heterocycles. The Morgan fingerprint density at radius 2 is 1.74 bits per heavy atom. The molecule has 9 heteroatoms. The summed E-state index contributed by atoms with van der Waals surface area (Å²) in [4.78, 5) is 26.6. The van der Waals surface area contributed by atoms with Crippen LogP contribution < -0.4 is 14.4 Å². The average molecular weight is 482 g/mol. The van der Waals surface area contributed by atoms with E-state index in [9.17, 15) is 18.0 Å². The summed E-state index contributed by atoms with van der Waals surface area (Å²) in [7, 11) is -0.528. The van der Waals surface area contributed by atoms with Crippen molar-refractivity contribution in [1.29, 1.82) is 0 Å². The zero-order chi connectivity index (χ0) is 24.5. The van der Waals surface area contributed by atoms with E-state index >= 15 is 0 Å². The molecule has 3 aromatic rings. The molecule has 1 heterocycles. The predicted molar refractivity (Wildman–Crippen MR) is 130 cm³/mol. The van der Waals surface area contributed by atoms with E-state index in [0.29, 0.717) is 23.2 Å². The Balaban J connectivity index is 1.54. The Hall–Kier alpha value is -3.59. The van der Waals surface area contributed by atoms with Crippen LogP contribution >= 0.6 is 0 Å². The molecule has 0 fully saturated rings. The van der Waals surface area contributed by atoms with Crippen molar-refractivity contribution in [3.05, 3.63) is 66.2 Å². The van der Waals surface area contributed by atoms with Gasteiger partial charge >= 0.3 is 0 Å². The second-order valence-electron chi connectivity index (χ2n) is 8.29. The van der Waals surface area contributed by atoms with Crippen molar-refractivity contribution in [3.8, 4) is 5.75 Å². The van der Waals surface area contributed by atoms with E-state index in [1.54, 1.807) is 50.5 Å². The van der Waals surface area contributed by atoms with Gasteiger partial charge in [-0.25, -0.2) is 8.42 Å². The highest BCUT2D eigenvalue weighted by atomic mass is 32.2. The standard InChI is InChI=1S/C25H27N3O5S/c1-4-19(18-11-5-6-13-21(18)33-16-24(30)27(2)3)26-23(29)15-28-20-12-7-9-17-10-8-14-22(25(17)20)34(28,31)32/h5-14,19H,4,15-16H2,1-3H3,(H,26,29). The minimum atomic E-state index is -3.83. The quantitative estimate of drug-likeness (QED) is 0.534. The summed E-state index contributed by atoms with van der Waals surface area (Å²) in [6.07, 6.45) is 0.552. The number of nitrogens with one attached hydrogen (secondary N) is 1. The van der Waals surface area contributed by atoms with E-state index < -0.39 is 22.0 Å². The fourth-order valence-corrected chi connectivity index (χ4v) is 5.73. The van der Waals surface area contributed by atoms with Gasteiger partial charge in [0.1, 0.15) is 12.3 Å². The van der Waals surface area contributed by atoms with Crippen molar-refractivity contribution in [2.24, 2.45) is 0 Å². The van der Waals surface area contributed by atoms with Gasteiger partial charge in [0, 0.05) is 25.0 Å². The van der Waals surface area contributed by atoms with Gasteiger partial charge < -0.3 is 15.0 Å². The van der Waals surface area contributed by atoms with E-state index in [1.807, 2.05) is 31.2 Å². The first-order valence-electron chi connectivity index (χ1n) is 11.0. The summed E-state index contributed by atoms with van der Waals surface area (Å²) in [6, 6.07) is 17.2. The van der Waals surface area contributed by atoms with Crippen molar-refractivity contribution < 1.29 is 22.7 Å². The van der Waals surface area contributed by atoms with Gasteiger partial charge in [0.15, 0.2) is 6.61 Å². The third-order valence-electron chi connectivity index (χ3n) is 5.86. The lowest BCUT2D eigenvalue weighted by molar-refractivity contribution is -0.130. The van der Waals surface area contributed by atoms with Gasteiger partial charge in [0.25, 0.3) is 15.9 Å². The summed E-state index contributed by atoms with van der Waals surface area (Å²) in [5.74, 6) is -0.116. The Labute approximate surface area is 199 Å². The van der Waals surface area contributed by atoms with Gasteiger partial charge in [0.05, 0.1) is 16.6 Å². The maximum absolute atomic E-state index is 13.2. The molecule has 178 valence electrons. The molecule has 1 aliphatic heterocycles. The molecule has 8 nitrogen and oxygen atoms in total. The number of sulfonamides is 1. The van der Waals surface area contributed by atoms with Crippen LogP contribution in [0.4, 0.5) is 5.69 Å². The molecule has 1 unspecified atom stereocenters. The number of ether oxygens (including phenoxy) is 1. The number of benzene rings is 3. The molecule has 0 spiro atoms. The fraction of sp³-hybridized carbons (Fsp3) is 0.280. The normalized spacial score (nSPS) is 14.6. The summed E-state index contributed by atoms with van der Waals surface area (Å²) in [5.41, 5.74) is 1.22. The molecular weight excluding hydrogens is 454 g/mol. The molecule has 0 saturated carbocycles. The van der Waals surface area contributed by atoms with Gasteiger partial charge in [-0.2, -0.15) is 0 Å². The minimum absolute atomic E-state index is 0.122. The highest BCUT2D eigenvalue weighted by Gasteiger charge is 2.36. The zero-order valence-corrected chi connectivity index (χ0v) is 20.1. The van der Waals surface area contributed by atoms with Gasteiger partial charge in [-0.05, 0) is 30.0 Å². The first-order valence-corrected chi connectivity index (χ1v) is 12.4. The lowest BCUT2D eigenvalue weighted by Crippen LogP contribution is -2.40. The Bertz CT molecular complexity index is 1350. The van der Waals surface area contributed by atoms with Crippen LogP contribution in [-0.4, -0.2) is 52.4 Å². The number of hydrogen-bond acceptors (Lipinski definition) is 5.